The smallest absolute Gasteiger partial charge is 0.250 e. The molecule has 0 aliphatic carbocycles. The number of benzene rings is 2. The third-order valence-corrected chi connectivity index (χ3v) is 5.97. The molecule has 1 saturated heterocycles. The highest BCUT2D eigenvalue weighted by Crippen LogP contribution is 2.29. The average molecular weight is 410 g/mol. The van der Waals surface area contributed by atoms with E-state index in [9.17, 15) is 9.59 Å². The summed E-state index contributed by atoms with van der Waals surface area (Å²) < 4.78 is 5.84. The maximum Gasteiger partial charge on any atom is 0.250 e. The van der Waals surface area contributed by atoms with Gasteiger partial charge in [0.15, 0.2) is 0 Å². The first-order valence-corrected chi connectivity index (χ1v) is 10.4. The summed E-state index contributed by atoms with van der Waals surface area (Å²) in [5.74, 6) is 0.393. The van der Waals surface area contributed by atoms with Crippen LogP contribution in [0.2, 0.25) is 0 Å². The van der Waals surface area contributed by atoms with E-state index in [0.717, 1.165) is 32.0 Å². The number of primary amides is 1. The minimum Gasteiger partial charge on any atom is -0.366 e. The number of fused-ring (bicyclic) bond motifs is 1. The van der Waals surface area contributed by atoms with Gasteiger partial charge in [0.1, 0.15) is 5.82 Å². The Morgan fingerprint density at radius 2 is 1.76 bits per heavy atom. The largest absolute Gasteiger partial charge is 0.366 e. The molecule has 2 amide bonds. The molecule has 1 aliphatic heterocycles. The van der Waals surface area contributed by atoms with Crippen molar-refractivity contribution in [1.82, 2.24) is 9.27 Å². The van der Waals surface area contributed by atoms with Crippen LogP contribution in [-0.2, 0) is 4.79 Å². The van der Waals surface area contributed by atoms with Crippen molar-refractivity contribution in [2.75, 3.05) is 42.9 Å². The molecule has 3 N–H and O–H groups in total. The summed E-state index contributed by atoms with van der Waals surface area (Å²) in [6, 6.07) is 15.1. The van der Waals surface area contributed by atoms with E-state index >= 15 is 0 Å². The predicted molar refractivity (Wildman–Crippen MR) is 116 cm³/mol. The second kappa shape index (κ2) is 8.59. The van der Waals surface area contributed by atoms with Gasteiger partial charge in [-0.15, -0.1) is 0 Å². The highest BCUT2D eigenvalue weighted by atomic mass is 32.1. The normalized spacial score (nSPS) is 14.8. The van der Waals surface area contributed by atoms with Crippen LogP contribution in [-0.4, -0.2) is 53.8 Å². The minimum atomic E-state index is -0.549. The van der Waals surface area contributed by atoms with Gasteiger partial charge in [0.25, 0.3) is 5.91 Å². The van der Waals surface area contributed by atoms with E-state index in [4.69, 9.17) is 5.73 Å². The van der Waals surface area contributed by atoms with Crippen LogP contribution in [0.15, 0.2) is 48.5 Å². The van der Waals surface area contributed by atoms with Crippen molar-refractivity contribution < 1.29 is 9.59 Å². The van der Waals surface area contributed by atoms with Crippen molar-refractivity contribution in [1.29, 1.82) is 0 Å². The molecule has 1 aliphatic rings. The SMILES string of the molecule is NC(=O)c1ccccc1NC(=O)CCN1CCN(c2nsc3ccccc23)CC1. The van der Waals surface area contributed by atoms with E-state index in [1.54, 1.807) is 24.3 Å². The third-order valence-electron chi connectivity index (χ3n) is 5.15. The molecule has 0 unspecified atom stereocenters. The molecule has 150 valence electrons. The number of rotatable bonds is 6. The fourth-order valence-electron chi connectivity index (χ4n) is 3.56. The molecule has 2 aromatic carbocycles. The highest BCUT2D eigenvalue weighted by molar-refractivity contribution is 7.13. The standard InChI is InChI=1S/C21H23N5O2S/c22-20(28)15-5-1-3-7-17(15)23-19(27)9-10-25-11-13-26(14-12-25)21-16-6-2-4-8-18(16)29-24-21/h1-8H,9-14H2,(H2,22,28)(H,23,27). The van der Waals surface area contributed by atoms with Crippen LogP contribution < -0.4 is 16.0 Å². The van der Waals surface area contributed by atoms with Crippen LogP contribution in [0.1, 0.15) is 16.8 Å². The van der Waals surface area contributed by atoms with Crippen molar-refractivity contribution in [2.24, 2.45) is 5.73 Å². The molecule has 3 aromatic rings. The second-order valence-electron chi connectivity index (χ2n) is 7.04. The summed E-state index contributed by atoms with van der Waals surface area (Å²) in [6.45, 7) is 4.23. The first-order valence-electron chi connectivity index (χ1n) is 9.62. The third kappa shape index (κ3) is 4.38. The lowest BCUT2D eigenvalue weighted by Crippen LogP contribution is -2.47. The quantitative estimate of drug-likeness (QED) is 0.653. The van der Waals surface area contributed by atoms with Crippen LogP contribution in [0.4, 0.5) is 11.5 Å². The molecule has 0 radical (unpaired) electrons. The highest BCUT2D eigenvalue weighted by Gasteiger charge is 2.21. The van der Waals surface area contributed by atoms with Gasteiger partial charge in [-0.1, -0.05) is 24.3 Å². The molecular formula is C21H23N5O2S. The van der Waals surface area contributed by atoms with E-state index in [2.05, 4.69) is 31.6 Å². The van der Waals surface area contributed by atoms with Gasteiger partial charge in [-0.2, -0.15) is 4.37 Å². The van der Waals surface area contributed by atoms with Gasteiger partial charge in [0.05, 0.1) is 16.0 Å². The Morgan fingerprint density at radius 1 is 1.03 bits per heavy atom. The monoisotopic (exact) mass is 409 g/mol. The first-order chi connectivity index (χ1) is 14.1. The van der Waals surface area contributed by atoms with Crippen molar-refractivity contribution in [3.63, 3.8) is 0 Å². The molecule has 0 atom stereocenters. The zero-order valence-corrected chi connectivity index (χ0v) is 16.8. The maximum atomic E-state index is 12.3. The lowest BCUT2D eigenvalue weighted by Gasteiger charge is -2.35. The molecule has 29 heavy (non-hydrogen) atoms. The number of carbonyl (C=O) groups is 2. The van der Waals surface area contributed by atoms with Gasteiger partial charge in [0, 0.05) is 44.5 Å². The number of para-hydroxylation sites is 1. The van der Waals surface area contributed by atoms with Crippen LogP contribution in [0, 0.1) is 0 Å². The lowest BCUT2D eigenvalue weighted by atomic mass is 10.1. The molecule has 8 heteroatoms. The van der Waals surface area contributed by atoms with E-state index < -0.39 is 5.91 Å². The molecule has 7 nitrogen and oxygen atoms in total. The van der Waals surface area contributed by atoms with Gasteiger partial charge in [-0.05, 0) is 35.8 Å². The summed E-state index contributed by atoms with van der Waals surface area (Å²) >= 11 is 1.54. The topological polar surface area (TPSA) is 91.6 Å². The number of anilines is 2. The number of aromatic nitrogens is 1. The molecule has 1 fully saturated rings. The Hall–Kier alpha value is -2.97. The van der Waals surface area contributed by atoms with Gasteiger partial charge in [-0.3, -0.25) is 14.5 Å². The van der Waals surface area contributed by atoms with E-state index in [0.29, 0.717) is 24.2 Å². The second-order valence-corrected chi connectivity index (χ2v) is 7.84. The minimum absolute atomic E-state index is 0.119. The van der Waals surface area contributed by atoms with Crippen LogP contribution >= 0.6 is 11.5 Å². The molecule has 0 saturated carbocycles. The summed E-state index contributed by atoms with van der Waals surface area (Å²) in [6.07, 6.45) is 0.368. The number of nitrogens with two attached hydrogens (primary N) is 1. The summed E-state index contributed by atoms with van der Waals surface area (Å²) in [4.78, 5) is 28.4. The number of nitrogens with one attached hydrogen (secondary N) is 1. The van der Waals surface area contributed by atoms with Gasteiger partial charge < -0.3 is 16.0 Å². The number of piperazine rings is 1. The van der Waals surface area contributed by atoms with Crippen LogP contribution in [0.25, 0.3) is 10.1 Å². The fourth-order valence-corrected chi connectivity index (χ4v) is 4.36. The van der Waals surface area contributed by atoms with Gasteiger partial charge >= 0.3 is 0 Å². The zero-order chi connectivity index (χ0) is 20.2. The van der Waals surface area contributed by atoms with E-state index in [-0.39, 0.29) is 5.91 Å². The van der Waals surface area contributed by atoms with E-state index in [1.807, 2.05) is 12.1 Å². The Kier molecular flexibility index (Phi) is 5.73. The Bertz CT molecular complexity index is 1030. The van der Waals surface area contributed by atoms with Crippen LogP contribution in [0.5, 0.6) is 0 Å². The number of nitrogens with zero attached hydrogens (tertiary/aromatic N) is 3. The van der Waals surface area contributed by atoms with Gasteiger partial charge in [-0.25, -0.2) is 0 Å². The zero-order valence-electron chi connectivity index (χ0n) is 16.0. The summed E-state index contributed by atoms with van der Waals surface area (Å²) in [7, 11) is 0. The Labute approximate surface area is 173 Å². The summed E-state index contributed by atoms with van der Waals surface area (Å²) in [5.41, 5.74) is 6.15. The first kappa shape index (κ1) is 19.4. The lowest BCUT2D eigenvalue weighted by molar-refractivity contribution is -0.116. The van der Waals surface area contributed by atoms with Gasteiger partial charge in [0.2, 0.25) is 5.91 Å². The number of hydrogen-bond donors (Lipinski definition) is 2. The number of carbonyl (C=O) groups excluding carboxylic acids is 2. The molecule has 0 bridgehead atoms. The van der Waals surface area contributed by atoms with Crippen molar-refractivity contribution in [2.45, 2.75) is 6.42 Å². The van der Waals surface area contributed by atoms with Crippen molar-refractivity contribution in [3.8, 4) is 0 Å². The number of amides is 2. The maximum absolute atomic E-state index is 12.3. The Morgan fingerprint density at radius 3 is 2.55 bits per heavy atom. The van der Waals surface area contributed by atoms with Crippen molar-refractivity contribution in [3.05, 3.63) is 54.1 Å². The predicted octanol–water partition coefficient (Wildman–Crippen LogP) is 2.55. The molecule has 4 rings (SSSR count). The van der Waals surface area contributed by atoms with Crippen molar-refractivity contribution >= 4 is 44.9 Å². The van der Waals surface area contributed by atoms with Crippen LogP contribution in [0.3, 0.4) is 0 Å². The molecule has 1 aromatic heterocycles. The Balaban J connectivity index is 1.28. The molecular weight excluding hydrogens is 386 g/mol. The number of hydrogen-bond acceptors (Lipinski definition) is 6. The average Bonchev–Trinajstić information content (AvgIpc) is 3.17. The fraction of sp³-hybridized carbons (Fsp3) is 0.286. The molecule has 0 spiro atoms. The summed E-state index contributed by atoms with van der Waals surface area (Å²) in [5, 5.41) is 4.00. The molecule has 2 heterocycles. The van der Waals surface area contributed by atoms with E-state index in [1.165, 1.54) is 21.6 Å².